The van der Waals surface area contributed by atoms with Crippen molar-refractivity contribution in [2.24, 2.45) is 4.99 Å². The topological polar surface area (TPSA) is 75.3 Å². The van der Waals surface area contributed by atoms with Gasteiger partial charge in [-0.25, -0.2) is 0 Å². The molecule has 1 unspecified atom stereocenters. The molecule has 0 radical (unpaired) electrons. The van der Waals surface area contributed by atoms with E-state index >= 15 is 0 Å². The maximum atomic E-state index is 5.25. The summed E-state index contributed by atoms with van der Waals surface area (Å²) in [5.41, 5.74) is 3.18. The predicted octanol–water partition coefficient (Wildman–Crippen LogP) is 2.59. The van der Waals surface area contributed by atoms with Crippen molar-refractivity contribution in [2.45, 2.75) is 40.0 Å². The Balaban J connectivity index is 1.90. The lowest BCUT2D eigenvalue weighted by Gasteiger charge is -2.13. The van der Waals surface area contributed by atoms with Gasteiger partial charge in [-0.3, -0.25) is 9.98 Å². The smallest absolute Gasteiger partial charge is 0.191 e. The van der Waals surface area contributed by atoms with Gasteiger partial charge >= 0.3 is 0 Å². The summed E-state index contributed by atoms with van der Waals surface area (Å²) in [5.74, 6) is 1.97. The third-order valence-corrected chi connectivity index (χ3v) is 3.85. The minimum atomic E-state index is 0.266. The highest BCUT2D eigenvalue weighted by Gasteiger charge is 2.16. The van der Waals surface area contributed by atoms with Crippen LogP contribution in [-0.4, -0.2) is 35.7 Å². The van der Waals surface area contributed by atoms with Gasteiger partial charge in [-0.2, -0.15) is 0 Å². The molecule has 0 aliphatic carbocycles. The normalized spacial score (nSPS) is 12.9. The van der Waals surface area contributed by atoms with Crippen molar-refractivity contribution in [1.29, 1.82) is 0 Å². The van der Waals surface area contributed by atoms with E-state index in [1.165, 1.54) is 0 Å². The molecule has 0 bridgehead atoms. The second-order valence-corrected chi connectivity index (χ2v) is 5.86. The molecule has 0 saturated carbocycles. The molecule has 0 aliphatic rings. The molecule has 24 heavy (non-hydrogen) atoms. The number of pyridine rings is 1. The van der Waals surface area contributed by atoms with E-state index in [9.17, 15) is 0 Å². The zero-order valence-corrected chi connectivity index (χ0v) is 15.0. The minimum absolute atomic E-state index is 0.266. The number of aromatic nitrogens is 2. The lowest BCUT2D eigenvalue weighted by Crippen LogP contribution is -2.38. The first-order valence-electron chi connectivity index (χ1n) is 8.46. The SMILES string of the molecule is CCNC(=NCC(C)c1c(C)noc1C)NCCc1ccccn1. The number of rotatable bonds is 7. The Hall–Kier alpha value is -2.37. The van der Waals surface area contributed by atoms with Crippen LogP contribution in [-0.2, 0) is 6.42 Å². The second-order valence-electron chi connectivity index (χ2n) is 5.86. The second kappa shape index (κ2) is 9.05. The highest BCUT2D eigenvalue weighted by atomic mass is 16.5. The van der Waals surface area contributed by atoms with E-state index in [-0.39, 0.29) is 5.92 Å². The quantitative estimate of drug-likeness (QED) is 0.603. The molecule has 2 heterocycles. The zero-order chi connectivity index (χ0) is 17.4. The number of guanidine groups is 1. The molecule has 6 nitrogen and oxygen atoms in total. The molecule has 0 saturated heterocycles. The molecule has 0 fully saturated rings. The lowest BCUT2D eigenvalue weighted by atomic mass is 10.00. The van der Waals surface area contributed by atoms with Gasteiger partial charge in [0.1, 0.15) is 5.76 Å². The Bertz CT molecular complexity index is 631. The van der Waals surface area contributed by atoms with E-state index in [2.05, 4.69) is 39.6 Å². The molecule has 2 N–H and O–H groups in total. The number of aryl methyl sites for hydroxylation is 2. The van der Waals surface area contributed by atoms with Crippen molar-refractivity contribution in [3.05, 3.63) is 47.1 Å². The summed E-state index contributed by atoms with van der Waals surface area (Å²) >= 11 is 0. The summed E-state index contributed by atoms with van der Waals surface area (Å²) in [6.45, 7) is 10.4. The van der Waals surface area contributed by atoms with Gasteiger partial charge in [0.15, 0.2) is 5.96 Å². The van der Waals surface area contributed by atoms with E-state index in [1.54, 1.807) is 0 Å². The monoisotopic (exact) mass is 329 g/mol. The van der Waals surface area contributed by atoms with Crippen LogP contribution in [0.15, 0.2) is 33.9 Å². The number of nitrogens with one attached hydrogen (secondary N) is 2. The third kappa shape index (κ3) is 5.08. The van der Waals surface area contributed by atoms with Crippen molar-refractivity contribution in [1.82, 2.24) is 20.8 Å². The molecule has 0 amide bonds. The van der Waals surface area contributed by atoms with E-state index < -0.39 is 0 Å². The molecule has 2 aromatic rings. The predicted molar refractivity (Wildman–Crippen MR) is 96.3 cm³/mol. The molecule has 2 rings (SSSR count). The number of nitrogens with zero attached hydrogens (tertiary/aromatic N) is 3. The molecular weight excluding hydrogens is 302 g/mol. The lowest BCUT2D eigenvalue weighted by molar-refractivity contribution is 0.391. The summed E-state index contributed by atoms with van der Waals surface area (Å²) in [6, 6.07) is 5.97. The summed E-state index contributed by atoms with van der Waals surface area (Å²) in [7, 11) is 0. The van der Waals surface area contributed by atoms with Crippen molar-refractivity contribution >= 4 is 5.96 Å². The number of hydrogen-bond donors (Lipinski definition) is 2. The maximum Gasteiger partial charge on any atom is 0.191 e. The van der Waals surface area contributed by atoms with Gasteiger partial charge in [0.2, 0.25) is 0 Å². The van der Waals surface area contributed by atoms with Crippen LogP contribution in [0.25, 0.3) is 0 Å². The number of aliphatic imine (C=N–C) groups is 1. The first-order chi connectivity index (χ1) is 11.6. The van der Waals surface area contributed by atoms with E-state index in [0.29, 0.717) is 6.54 Å². The van der Waals surface area contributed by atoms with E-state index in [4.69, 9.17) is 4.52 Å². The zero-order valence-electron chi connectivity index (χ0n) is 15.0. The fraction of sp³-hybridized carbons (Fsp3) is 0.500. The van der Waals surface area contributed by atoms with Gasteiger partial charge in [-0.15, -0.1) is 0 Å². The Morgan fingerprint density at radius 1 is 1.29 bits per heavy atom. The van der Waals surface area contributed by atoms with Crippen LogP contribution in [0.2, 0.25) is 0 Å². The standard InChI is InChI=1S/C18H27N5O/c1-5-19-18(21-11-9-16-8-6-7-10-20-16)22-12-13(2)17-14(3)23-24-15(17)4/h6-8,10,13H,5,9,11-12H2,1-4H3,(H2,19,21,22). The van der Waals surface area contributed by atoms with Crippen LogP contribution in [0.1, 0.15) is 42.5 Å². The van der Waals surface area contributed by atoms with Gasteiger partial charge < -0.3 is 15.2 Å². The highest BCUT2D eigenvalue weighted by molar-refractivity contribution is 5.79. The third-order valence-electron chi connectivity index (χ3n) is 3.85. The molecule has 0 spiro atoms. The largest absolute Gasteiger partial charge is 0.361 e. The molecular formula is C18H27N5O. The fourth-order valence-electron chi connectivity index (χ4n) is 2.71. The van der Waals surface area contributed by atoms with Crippen molar-refractivity contribution in [3.8, 4) is 0 Å². The number of hydrogen-bond acceptors (Lipinski definition) is 4. The van der Waals surface area contributed by atoms with Gasteiger partial charge in [0, 0.05) is 49.4 Å². The molecule has 130 valence electrons. The van der Waals surface area contributed by atoms with Crippen LogP contribution < -0.4 is 10.6 Å². The molecule has 6 heteroatoms. The molecule has 1 atom stereocenters. The van der Waals surface area contributed by atoms with Crippen LogP contribution in [0.4, 0.5) is 0 Å². The Kier molecular flexibility index (Phi) is 6.78. The Morgan fingerprint density at radius 3 is 2.75 bits per heavy atom. The summed E-state index contributed by atoms with van der Waals surface area (Å²) < 4.78 is 5.25. The van der Waals surface area contributed by atoms with Crippen LogP contribution >= 0.6 is 0 Å². The molecule has 2 aromatic heterocycles. The Morgan fingerprint density at radius 2 is 2.12 bits per heavy atom. The highest BCUT2D eigenvalue weighted by Crippen LogP contribution is 2.23. The van der Waals surface area contributed by atoms with Gasteiger partial charge in [-0.1, -0.05) is 18.1 Å². The van der Waals surface area contributed by atoms with E-state index in [1.807, 2.05) is 38.2 Å². The summed E-state index contributed by atoms with van der Waals surface area (Å²) in [5, 5.41) is 10.7. The minimum Gasteiger partial charge on any atom is -0.361 e. The van der Waals surface area contributed by atoms with Crippen molar-refractivity contribution in [2.75, 3.05) is 19.6 Å². The average Bonchev–Trinajstić information content (AvgIpc) is 2.92. The van der Waals surface area contributed by atoms with Crippen molar-refractivity contribution in [3.63, 3.8) is 0 Å². The molecule has 0 aliphatic heterocycles. The first-order valence-corrected chi connectivity index (χ1v) is 8.46. The van der Waals surface area contributed by atoms with Crippen LogP contribution in [0, 0.1) is 13.8 Å². The van der Waals surface area contributed by atoms with Gasteiger partial charge in [0.05, 0.1) is 5.69 Å². The van der Waals surface area contributed by atoms with Crippen LogP contribution in [0.3, 0.4) is 0 Å². The maximum absolute atomic E-state index is 5.25. The van der Waals surface area contributed by atoms with Crippen LogP contribution in [0.5, 0.6) is 0 Å². The van der Waals surface area contributed by atoms with Crippen molar-refractivity contribution < 1.29 is 4.52 Å². The van der Waals surface area contributed by atoms with Gasteiger partial charge in [0.25, 0.3) is 0 Å². The Labute approximate surface area is 143 Å². The van der Waals surface area contributed by atoms with E-state index in [0.717, 1.165) is 48.2 Å². The fourth-order valence-corrected chi connectivity index (χ4v) is 2.71. The summed E-state index contributed by atoms with van der Waals surface area (Å²) in [6.07, 6.45) is 2.69. The van der Waals surface area contributed by atoms with Gasteiger partial charge in [-0.05, 0) is 32.9 Å². The molecule has 0 aromatic carbocycles. The first kappa shape index (κ1) is 18.0. The average molecular weight is 329 g/mol. The summed E-state index contributed by atoms with van der Waals surface area (Å²) in [4.78, 5) is 9.02.